The molecule has 5 nitrogen and oxygen atoms in total. The number of nitrogens with one attached hydrogen (secondary N) is 1. The topological polar surface area (TPSA) is 68.5 Å². The van der Waals surface area contributed by atoms with E-state index in [1.54, 1.807) is 24.3 Å². The molecule has 0 saturated carbocycles. The van der Waals surface area contributed by atoms with Crippen LogP contribution in [0, 0.1) is 0 Å². The Morgan fingerprint density at radius 3 is 2.86 bits per heavy atom. The second kappa shape index (κ2) is 7.31. The first-order valence-corrected chi connectivity index (χ1v) is 7.53. The predicted molar refractivity (Wildman–Crippen MR) is 84.0 cm³/mol. The van der Waals surface area contributed by atoms with Crippen LogP contribution in [0.2, 0.25) is 5.02 Å². The second-order valence-corrected chi connectivity index (χ2v) is 5.56. The van der Waals surface area contributed by atoms with Crippen molar-refractivity contribution in [3.05, 3.63) is 35.0 Å². The van der Waals surface area contributed by atoms with Gasteiger partial charge in [-0.1, -0.05) is 24.9 Å². The molecule has 2 aromatic rings. The minimum Gasteiger partial charge on any atom is -0.450 e. The van der Waals surface area contributed by atoms with Gasteiger partial charge < -0.3 is 14.5 Å². The summed E-state index contributed by atoms with van der Waals surface area (Å²) in [7, 11) is 0. The van der Waals surface area contributed by atoms with Crippen LogP contribution in [-0.2, 0) is 9.53 Å². The lowest BCUT2D eigenvalue weighted by Gasteiger charge is -2.12. The van der Waals surface area contributed by atoms with E-state index in [2.05, 4.69) is 5.32 Å². The molecule has 0 aliphatic rings. The molecule has 0 aliphatic carbocycles. The summed E-state index contributed by atoms with van der Waals surface area (Å²) >= 11 is 5.87. The highest BCUT2D eigenvalue weighted by atomic mass is 35.5. The van der Waals surface area contributed by atoms with Crippen molar-refractivity contribution in [3.8, 4) is 0 Å². The first kappa shape index (κ1) is 16.4. The number of hydrogen-bond donors (Lipinski definition) is 1. The Balaban J connectivity index is 1.92. The van der Waals surface area contributed by atoms with Gasteiger partial charge >= 0.3 is 5.97 Å². The first-order chi connectivity index (χ1) is 10.5. The third-order valence-electron chi connectivity index (χ3n) is 3.14. The molecule has 1 heterocycles. The molecule has 1 aromatic carbocycles. The van der Waals surface area contributed by atoms with Gasteiger partial charge in [0.05, 0.1) is 0 Å². The first-order valence-electron chi connectivity index (χ1n) is 7.15. The molecular formula is C16H18ClNO4. The molecule has 1 N–H and O–H groups in total. The van der Waals surface area contributed by atoms with Gasteiger partial charge in [0, 0.05) is 16.5 Å². The van der Waals surface area contributed by atoms with Gasteiger partial charge in [-0.3, -0.25) is 4.79 Å². The summed E-state index contributed by atoms with van der Waals surface area (Å²) in [5.74, 6) is -0.953. The fourth-order valence-corrected chi connectivity index (χ4v) is 2.32. The number of esters is 1. The number of carbonyl (C=O) groups is 2. The maximum Gasteiger partial charge on any atom is 0.374 e. The highest BCUT2D eigenvalue weighted by Gasteiger charge is 2.16. The van der Waals surface area contributed by atoms with Crippen molar-refractivity contribution in [2.24, 2.45) is 0 Å². The average molecular weight is 324 g/mol. The van der Waals surface area contributed by atoms with Crippen molar-refractivity contribution in [2.45, 2.75) is 32.7 Å². The number of amides is 1. The monoisotopic (exact) mass is 323 g/mol. The van der Waals surface area contributed by atoms with Crippen molar-refractivity contribution in [1.29, 1.82) is 0 Å². The molecule has 118 valence electrons. The minimum atomic E-state index is -0.675. The number of halogens is 1. The number of carbonyl (C=O) groups excluding carboxylic acids is 2. The van der Waals surface area contributed by atoms with Crippen molar-refractivity contribution in [2.75, 3.05) is 6.61 Å². The molecular weight excluding hydrogens is 306 g/mol. The summed E-state index contributed by atoms with van der Waals surface area (Å²) in [4.78, 5) is 23.5. The van der Waals surface area contributed by atoms with Crippen LogP contribution < -0.4 is 5.32 Å². The quantitative estimate of drug-likeness (QED) is 0.825. The number of hydrogen-bond acceptors (Lipinski definition) is 4. The lowest BCUT2D eigenvalue weighted by atomic mass is 10.2. The molecule has 1 aromatic heterocycles. The summed E-state index contributed by atoms with van der Waals surface area (Å²) in [6, 6.07) is 6.64. The SMILES string of the molecule is CCC[C@@H](C)NC(=O)COC(=O)c1cc2cc(Cl)ccc2o1. The molecule has 0 fully saturated rings. The summed E-state index contributed by atoms with van der Waals surface area (Å²) in [5, 5.41) is 4.02. The van der Waals surface area contributed by atoms with E-state index in [-0.39, 0.29) is 24.3 Å². The molecule has 1 atom stereocenters. The van der Waals surface area contributed by atoms with Gasteiger partial charge in [-0.25, -0.2) is 4.79 Å². The maximum atomic E-state index is 11.9. The van der Waals surface area contributed by atoms with Gasteiger partial charge in [0.15, 0.2) is 6.61 Å². The summed E-state index contributed by atoms with van der Waals surface area (Å²) in [6.07, 6.45) is 1.85. The zero-order chi connectivity index (χ0) is 16.1. The van der Waals surface area contributed by atoms with E-state index in [1.807, 2.05) is 13.8 Å². The Morgan fingerprint density at radius 1 is 1.36 bits per heavy atom. The normalized spacial score (nSPS) is 12.1. The molecule has 0 saturated heterocycles. The van der Waals surface area contributed by atoms with E-state index in [9.17, 15) is 9.59 Å². The van der Waals surface area contributed by atoms with Gasteiger partial charge in [-0.15, -0.1) is 0 Å². The lowest BCUT2D eigenvalue weighted by Crippen LogP contribution is -2.35. The van der Waals surface area contributed by atoms with E-state index in [4.69, 9.17) is 20.8 Å². The van der Waals surface area contributed by atoms with Gasteiger partial charge in [0.2, 0.25) is 5.76 Å². The van der Waals surface area contributed by atoms with Crippen LogP contribution in [0.15, 0.2) is 28.7 Å². The Morgan fingerprint density at radius 2 is 2.14 bits per heavy atom. The molecule has 22 heavy (non-hydrogen) atoms. The number of fused-ring (bicyclic) bond motifs is 1. The zero-order valence-electron chi connectivity index (χ0n) is 12.5. The molecule has 0 radical (unpaired) electrons. The van der Waals surface area contributed by atoms with E-state index in [0.717, 1.165) is 12.8 Å². The van der Waals surface area contributed by atoms with Crippen LogP contribution in [0.5, 0.6) is 0 Å². The van der Waals surface area contributed by atoms with Crippen molar-refractivity contribution in [3.63, 3.8) is 0 Å². The Kier molecular flexibility index (Phi) is 5.44. The van der Waals surface area contributed by atoms with Gasteiger partial charge in [-0.2, -0.15) is 0 Å². The predicted octanol–water partition coefficient (Wildman–Crippen LogP) is 3.55. The Hall–Kier alpha value is -2.01. The molecule has 0 spiro atoms. The van der Waals surface area contributed by atoms with Crippen LogP contribution in [0.4, 0.5) is 0 Å². The average Bonchev–Trinajstić information content (AvgIpc) is 2.88. The third-order valence-corrected chi connectivity index (χ3v) is 3.38. The Labute approximate surface area is 133 Å². The fourth-order valence-electron chi connectivity index (χ4n) is 2.14. The lowest BCUT2D eigenvalue weighted by molar-refractivity contribution is -0.124. The summed E-state index contributed by atoms with van der Waals surface area (Å²) < 4.78 is 10.3. The molecule has 0 unspecified atom stereocenters. The van der Waals surface area contributed by atoms with Gasteiger partial charge in [0.1, 0.15) is 5.58 Å². The van der Waals surface area contributed by atoms with Crippen molar-refractivity contribution in [1.82, 2.24) is 5.32 Å². The van der Waals surface area contributed by atoms with Gasteiger partial charge in [0.25, 0.3) is 5.91 Å². The summed E-state index contributed by atoms with van der Waals surface area (Å²) in [6.45, 7) is 3.62. The van der Waals surface area contributed by atoms with E-state index < -0.39 is 5.97 Å². The van der Waals surface area contributed by atoms with Crippen LogP contribution in [-0.4, -0.2) is 24.5 Å². The largest absolute Gasteiger partial charge is 0.450 e. The third kappa shape index (κ3) is 4.24. The van der Waals surface area contributed by atoms with Gasteiger partial charge in [-0.05, 0) is 37.6 Å². The van der Waals surface area contributed by atoms with Crippen LogP contribution >= 0.6 is 11.6 Å². The molecule has 2 rings (SSSR count). The summed E-state index contributed by atoms with van der Waals surface area (Å²) in [5.41, 5.74) is 0.539. The van der Waals surface area contributed by atoms with Crippen LogP contribution in [0.25, 0.3) is 11.0 Å². The van der Waals surface area contributed by atoms with Crippen LogP contribution in [0.3, 0.4) is 0 Å². The number of rotatable bonds is 6. The van der Waals surface area contributed by atoms with E-state index in [1.165, 1.54) is 0 Å². The second-order valence-electron chi connectivity index (χ2n) is 5.13. The minimum absolute atomic E-state index is 0.0478. The van der Waals surface area contributed by atoms with Crippen molar-refractivity contribution >= 4 is 34.4 Å². The van der Waals surface area contributed by atoms with Crippen LogP contribution in [0.1, 0.15) is 37.2 Å². The van der Waals surface area contributed by atoms with E-state index >= 15 is 0 Å². The zero-order valence-corrected chi connectivity index (χ0v) is 13.3. The standard InChI is InChI=1S/C16H18ClNO4/c1-3-4-10(2)18-15(19)9-21-16(20)14-8-11-7-12(17)5-6-13(11)22-14/h5-8,10H,3-4,9H2,1-2H3,(H,18,19)/t10-/m1/s1. The highest BCUT2D eigenvalue weighted by Crippen LogP contribution is 2.23. The number of benzene rings is 1. The molecule has 6 heteroatoms. The Bertz CT molecular complexity index is 680. The molecule has 1 amide bonds. The fraction of sp³-hybridized carbons (Fsp3) is 0.375. The van der Waals surface area contributed by atoms with E-state index in [0.29, 0.717) is 16.0 Å². The smallest absolute Gasteiger partial charge is 0.374 e. The number of ether oxygens (including phenoxy) is 1. The molecule has 0 bridgehead atoms. The van der Waals surface area contributed by atoms with Crippen molar-refractivity contribution < 1.29 is 18.7 Å². The maximum absolute atomic E-state index is 11.9. The number of furan rings is 1. The molecule has 0 aliphatic heterocycles. The highest BCUT2D eigenvalue weighted by molar-refractivity contribution is 6.31.